The van der Waals surface area contributed by atoms with Gasteiger partial charge in [0, 0.05) is 17.3 Å². The fraction of sp³-hybridized carbons (Fsp3) is 0.115. The Balaban J connectivity index is 1.77. The first-order valence-corrected chi connectivity index (χ1v) is 11.1. The largest absolute Gasteiger partial charge is 0.453 e. The maximum Gasteiger partial charge on any atom is 0.299 e. The predicted molar refractivity (Wildman–Crippen MR) is 134 cm³/mol. The zero-order valence-electron chi connectivity index (χ0n) is 18.7. The number of anilines is 2. The zero-order chi connectivity index (χ0) is 24.1. The summed E-state index contributed by atoms with van der Waals surface area (Å²) in [4.78, 5) is 26.0. The molecular weight excluding hydrogens is 452 g/mol. The van der Waals surface area contributed by atoms with E-state index in [4.69, 9.17) is 16.3 Å². The molecule has 0 aliphatic heterocycles. The quantitative estimate of drug-likeness (QED) is 0.366. The molecule has 0 bridgehead atoms. The smallest absolute Gasteiger partial charge is 0.299 e. The Kier molecular flexibility index (Phi) is 6.94. The molecule has 0 unspecified atom stereocenters. The van der Waals surface area contributed by atoms with Gasteiger partial charge < -0.3 is 15.4 Å². The SMILES string of the molecule is CC(C)NC(=O)c1cccc(Nc2c(Oc3ccccc3)cnn(-c3ccccc3Cl)c2=O)c1. The summed E-state index contributed by atoms with van der Waals surface area (Å²) in [5.74, 6) is 0.575. The molecular formula is C26H23ClN4O3. The maximum absolute atomic E-state index is 13.5. The third kappa shape index (κ3) is 5.27. The molecule has 0 aliphatic rings. The van der Waals surface area contributed by atoms with E-state index >= 15 is 0 Å². The normalized spacial score (nSPS) is 10.7. The van der Waals surface area contributed by atoms with Crippen LogP contribution in [0, 0.1) is 0 Å². The number of carbonyl (C=O) groups is 1. The van der Waals surface area contributed by atoms with Crippen molar-refractivity contribution in [2.24, 2.45) is 0 Å². The van der Waals surface area contributed by atoms with E-state index in [2.05, 4.69) is 15.7 Å². The van der Waals surface area contributed by atoms with Crippen molar-refractivity contribution >= 4 is 28.9 Å². The van der Waals surface area contributed by atoms with E-state index in [0.717, 1.165) is 0 Å². The highest BCUT2D eigenvalue weighted by atomic mass is 35.5. The van der Waals surface area contributed by atoms with Gasteiger partial charge in [-0.3, -0.25) is 9.59 Å². The molecule has 0 radical (unpaired) electrons. The van der Waals surface area contributed by atoms with Gasteiger partial charge >= 0.3 is 0 Å². The standard InChI is InChI=1S/C26H23ClN4O3/c1-17(2)29-25(32)18-9-8-10-19(15-18)30-24-23(34-20-11-4-3-5-12-20)16-28-31(26(24)33)22-14-7-6-13-21(22)27/h3-17,30H,1-2H3,(H,29,32). The highest BCUT2D eigenvalue weighted by molar-refractivity contribution is 6.32. The van der Waals surface area contributed by atoms with Crippen molar-refractivity contribution in [3.05, 3.63) is 106 Å². The van der Waals surface area contributed by atoms with E-state index < -0.39 is 5.56 Å². The number of rotatable bonds is 7. The number of benzene rings is 3. The van der Waals surface area contributed by atoms with Gasteiger partial charge in [0.1, 0.15) is 5.75 Å². The number of nitrogens with zero attached hydrogens (tertiary/aromatic N) is 2. The molecule has 0 fully saturated rings. The van der Waals surface area contributed by atoms with Crippen LogP contribution in [0.1, 0.15) is 24.2 Å². The zero-order valence-corrected chi connectivity index (χ0v) is 19.4. The molecule has 172 valence electrons. The number of halogens is 1. The van der Waals surface area contributed by atoms with Crippen molar-refractivity contribution < 1.29 is 9.53 Å². The molecule has 3 aromatic carbocycles. The number of hydrogen-bond donors (Lipinski definition) is 2. The summed E-state index contributed by atoms with van der Waals surface area (Å²) in [5.41, 5.74) is 1.14. The maximum atomic E-state index is 13.5. The van der Waals surface area contributed by atoms with Gasteiger partial charge in [0.05, 0.1) is 16.9 Å². The fourth-order valence-electron chi connectivity index (χ4n) is 3.27. The van der Waals surface area contributed by atoms with E-state index in [1.165, 1.54) is 10.9 Å². The van der Waals surface area contributed by atoms with Crippen LogP contribution in [0.2, 0.25) is 5.02 Å². The van der Waals surface area contributed by atoms with Gasteiger partial charge in [-0.05, 0) is 56.3 Å². The van der Waals surface area contributed by atoms with Crippen LogP contribution in [-0.4, -0.2) is 21.7 Å². The molecule has 0 saturated carbocycles. The lowest BCUT2D eigenvalue weighted by atomic mass is 10.1. The third-order valence-corrected chi connectivity index (χ3v) is 5.13. The minimum absolute atomic E-state index is 0.00184. The number of hydrogen-bond acceptors (Lipinski definition) is 5. The third-order valence-electron chi connectivity index (χ3n) is 4.81. The summed E-state index contributed by atoms with van der Waals surface area (Å²) in [6.45, 7) is 3.78. The summed E-state index contributed by atoms with van der Waals surface area (Å²) < 4.78 is 7.17. The van der Waals surface area contributed by atoms with Crippen LogP contribution in [0.3, 0.4) is 0 Å². The Morgan fingerprint density at radius 3 is 2.47 bits per heavy atom. The van der Waals surface area contributed by atoms with Crippen LogP contribution < -0.4 is 20.9 Å². The molecule has 1 heterocycles. The van der Waals surface area contributed by atoms with Crippen LogP contribution in [0.5, 0.6) is 11.5 Å². The van der Waals surface area contributed by atoms with Crippen molar-refractivity contribution in [3.8, 4) is 17.2 Å². The Morgan fingerprint density at radius 2 is 1.74 bits per heavy atom. The molecule has 0 aliphatic carbocycles. The Bertz CT molecular complexity index is 1370. The van der Waals surface area contributed by atoms with Crippen LogP contribution >= 0.6 is 11.6 Å². The second kappa shape index (κ2) is 10.2. The fourth-order valence-corrected chi connectivity index (χ4v) is 3.49. The first kappa shape index (κ1) is 23.1. The molecule has 34 heavy (non-hydrogen) atoms. The first-order chi connectivity index (χ1) is 16.4. The topological polar surface area (TPSA) is 85.2 Å². The highest BCUT2D eigenvalue weighted by Gasteiger charge is 2.17. The summed E-state index contributed by atoms with van der Waals surface area (Å²) in [5, 5.41) is 10.6. The molecule has 7 nitrogen and oxygen atoms in total. The average Bonchev–Trinajstić information content (AvgIpc) is 2.83. The van der Waals surface area contributed by atoms with E-state index in [9.17, 15) is 9.59 Å². The van der Waals surface area contributed by atoms with E-state index in [1.807, 2.05) is 32.0 Å². The molecule has 1 amide bonds. The number of ether oxygens (including phenoxy) is 1. The van der Waals surface area contributed by atoms with Crippen molar-refractivity contribution in [1.82, 2.24) is 15.1 Å². The van der Waals surface area contributed by atoms with Gasteiger partial charge in [-0.25, -0.2) is 0 Å². The molecule has 4 rings (SSSR count). The Hall–Kier alpha value is -4.10. The molecule has 0 atom stereocenters. The molecule has 8 heteroatoms. The minimum Gasteiger partial charge on any atom is -0.453 e. The minimum atomic E-state index is -0.460. The number of para-hydroxylation sites is 2. The van der Waals surface area contributed by atoms with Gasteiger partial charge in [-0.2, -0.15) is 9.78 Å². The van der Waals surface area contributed by atoms with Crippen LogP contribution in [0.15, 0.2) is 89.9 Å². The second-order valence-corrected chi connectivity index (χ2v) is 8.21. The highest BCUT2D eigenvalue weighted by Crippen LogP contribution is 2.29. The summed E-state index contributed by atoms with van der Waals surface area (Å²) in [6.07, 6.45) is 1.45. The summed E-state index contributed by atoms with van der Waals surface area (Å²) >= 11 is 6.31. The van der Waals surface area contributed by atoms with Crippen LogP contribution in [0.4, 0.5) is 11.4 Å². The monoisotopic (exact) mass is 474 g/mol. The lowest BCUT2D eigenvalue weighted by Crippen LogP contribution is -2.30. The van der Waals surface area contributed by atoms with Crippen molar-refractivity contribution in [2.45, 2.75) is 19.9 Å². The Morgan fingerprint density at radius 1 is 1.00 bits per heavy atom. The molecule has 0 saturated heterocycles. The number of amides is 1. The van der Waals surface area contributed by atoms with Gasteiger partial charge in [-0.1, -0.05) is 48.0 Å². The van der Waals surface area contributed by atoms with Crippen LogP contribution in [0.25, 0.3) is 5.69 Å². The van der Waals surface area contributed by atoms with Crippen LogP contribution in [-0.2, 0) is 0 Å². The van der Waals surface area contributed by atoms with E-state index in [1.54, 1.807) is 60.7 Å². The summed E-state index contributed by atoms with van der Waals surface area (Å²) in [6, 6.07) is 22.9. The first-order valence-electron chi connectivity index (χ1n) is 10.7. The molecule has 0 spiro atoms. The van der Waals surface area contributed by atoms with Gasteiger partial charge in [-0.15, -0.1) is 0 Å². The van der Waals surface area contributed by atoms with Gasteiger partial charge in [0.2, 0.25) is 0 Å². The predicted octanol–water partition coefficient (Wildman–Crippen LogP) is 5.56. The van der Waals surface area contributed by atoms with Crippen molar-refractivity contribution in [2.75, 3.05) is 5.32 Å². The lowest BCUT2D eigenvalue weighted by Gasteiger charge is -2.15. The number of aromatic nitrogens is 2. The Labute approximate surface area is 202 Å². The van der Waals surface area contributed by atoms with Gasteiger partial charge in [0.15, 0.2) is 11.4 Å². The average molecular weight is 475 g/mol. The van der Waals surface area contributed by atoms with E-state index in [-0.39, 0.29) is 23.4 Å². The van der Waals surface area contributed by atoms with Gasteiger partial charge in [0.25, 0.3) is 11.5 Å². The summed E-state index contributed by atoms with van der Waals surface area (Å²) in [7, 11) is 0. The lowest BCUT2D eigenvalue weighted by molar-refractivity contribution is 0.0943. The molecule has 1 aromatic heterocycles. The number of carbonyl (C=O) groups excluding carboxylic acids is 1. The number of nitrogens with one attached hydrogen (secondary N) is 2. The molecule has 2 N–H and O–H groups in total. The molecule has 4 aromatic rings. The van der Waals surface area contributed by atoms with Crippen molar-refractivity contribution in [3.63, 3.8) is 0 Å². The second-order valence-electron chi connectivity index (χ2n) is 7.80. The van der Waals surface area contributed by atoms with E-state index in [0.29, 0.717) is 27.7 Å². The van der Waals surface area contributed by atoms with Crippen molar-refractivity contribution in [1.29, 1.82) is 0 Å².